The fraction of sp³-hybridized carbons (Fsp3) is 0.727. The molecule has 0 bridgehead atoms. The zero-order chi connectivity index (χ0) is 15.2. The molecule has 0 amide bonds. The minimum Gasteiger partial charge on any atom is -0.480 e. The van der Waals surface area contributed by atoms with Gasteiger partial charge >= 0.3 is 17.9 Å². The Morgan fingerprint density at radius 2 is 1.53 bits per heavy atom. The summed E-state index contributed by atoms with van der Waals surface area (Å²) in [4.78, 5) is 33.0. The monoisotopic (exact) mass is 276 g/mol. The number of hydrogen-bond donors (Lipinski definition) is 4. The normalized spacial score (nSPS) is 15.6. The molecular weight excluding hydrogens is 256 g/mol. The predicted molar refractivity (Wildman–Crippen MR) is 65.2 cm³/mol. The number of aliphatic carboxylic acids is 2. The lowest BCUT2D eigenvalue weighted by molar-refractivity contribution is -0.166. The molecule has 0 aliphatic carbocycles. The third kappa shape index (κ3) is 6.73. The van der Waals surface area contributed by atoms with Gasteiger partial charge < -0.3 is 26.4 Å². The van der Waals surface area contributed by atoms with Crippen molar-refractivity contribution >= 4 is 17.9 Å². The minimum atomic E-state index is -1.61. The first-order chi connectivity index (χ1) is 8.65. The molecule has 0 rings (SSSR count). The molecule has 0 aromatic rings. The molecular formula is C11H20N2O6. The van der Waals surface area contributed by atoms with Crippen LogP contribution in [-0.4, -0.2) is 46.3 Å². The van der Waals surface area contributed by atoms with Crippen molar-refractivity contribution in [1.29, 1.82) is 0 Å². The second-order valence-corrected chi connectivity index (χ2v) is 4.68. The molecule has 8 heteroatoms. The minimum absolute atomic E-state index is 0.145. The molecule has 0 saturated carbocycles. The van der Waals surface area contributed by atoms with E-state index in [0.29, 0.717) is 6.42 Å². The fourth-order valence-electron chi connectivity index (χ4n) is 1.36. The summed E-state index contributed by atoms with van der Waals surface area (Å²) in [5.74, 6) is -3.55. The smallest absolute Gasteiger partial charge is 0.345 e. The van der Waals surface area contributed by atoms with Crippen LogP contribution in [0.4, 0.5) is 0 Å². The first-order valence-electron chi connectivity index (χ1n) is 5.82. The van der Waals surface area contributed by atoms with Gasteiger partial charge in [0.1, 0.15) is 12.1 Å². The lowest BCUT2D eigenvalue weighted by Crippen LogP contribution is -2.42. The van der Waals surface area contributed by atoms with E-state index in [1.54, 1.807) is 0 Å². The molecule has 0 aromatic heterocycles. The van der Waals surface area contributed by atoms with E-state index in [2.05, 4.69) is 4.74 Å². The van der Waals surface area contributed by atoms with Gasteiger partial charge in [-0.1, -0.05) is 13.8 Å². The van der Waals surface area contributed by atoms with Gasteiger partial charge in [0.05, 0.1) is 0 Å². The molecule has 6 N–H and O–H groups in total. The molecule has 0 radical (unpaired) electrons. The van der Waals surface area contributed by atoms with Gasteiger partial charge in [0.25, 0.3) is 0 Å². The van der Waals surface area contributed by atoms with Crippen molar-refractivity contribution in [2.75, 3.05) is 0 Å². The van der Waals surface area contributed by atoms with Crippen molar-refractivity contribution in [1.82, 2.24) is 0 Å². The Balaban J connectivity index is 4.54. The maximum atomic E-state index is 11.5. The van der Waals surface area contributed by atoms with Gasteiger partial charge in [0, 0.05) is 6.42 Å². The fourth-order valence-corrected chi connectivity index (χ4v) is 1.36. The van der Waals surface area contributed by atoms with Crippen LogP contribution in [0.5, 0.6) is 0 Å². The Morgan fingerprint density at radius 3 is 1.89 bits per heavy atom. The Labute approximate surface area is 110 Å². The highest BCUT2D eigenvalue weighted by molar-refractivity contribution is 5.82. The van der Waals surface area contributed by atoms with Crippen molar-refractivity contribution in [3.63, 3.8) is 0 Å². The highest BCUT2D eigenvalue weighted by Crippen LogP contribution is 2.08. The first-order valence-corrected chi connectivity index (χ1v) is 5.82. The molecule has 0 spiro atoms. The topological polar surface area (TPSA) is 153 Å². The molecule has 0 fully saturated rings. The van der Waals surface area contributed by atoms with Gasteiger partial charge in [-0.05, 0) is 12.3 Å². The summed E-state index contributed by atoms with van der Waals surface area (Å²) in [7, 11) is 0. The second kappa shape index (κ2) is 7.70. The van der Waals surface area contributed by atoms with Crippen molar-refractivity contribution in [2.24, 2.45) is 17.4 Å². The molecule has 19 heavy (non-hydrogen) atoms. The number of rotatable bonds is 8. The SMILES string of the molecule is CC(C)C[C@H](N)C(=O)OC(C[C@H](N)C(=O)O)C(=O)O. The van der Waals surface area contributed by atoms with Crippen LogP contribution in [0, 0.1) is 5.92 Å². The number of ether oxygens (including phenoxy) is 1. The highest BCUT2D eigenvalue weighted by atomic mass is 16.6. The number of hydrogen-bond acceptors (Lipinski definition) is 6. The molecule has 0 aliphatic heterocycles. The van der Waals surface area contributed by atoms with Crippen LogP contribution >= 0.6 is 0 Å². The van der Waals surface area contributed by atoms with Gasteiger partial charge in [-0.25, -0.2) is 4.79 Å². The van der Waals surface area contributed by atoms with E-state index < -0.39 is 42.5 Å². The third-order valence-corrected chi connectivity index (χ3v) is 2.35. The number of carbonyl (C=O) groups excluding carboxylic acids is 1. The second-order valence-electron chi connectivity index (χ2n) is 4.68. The lowest BCUT2D eigenvalue weighted by atomic mass is 10.0. The van der Waals surface area contributed by atoms with Crippen molar-refractivity contribution in [3.05, 3.63) is 0 Å². The summed E-state index contributed by atoms with van der Waals surface area (Å²) in [6, 6.07) is -2.36. The van der Waals surface area contributed by atoms with Crippen LogP contribution in [0.15, 0.2) is 0 Å². The van der Waals surface area contributed by atoms with E-state index in [4.69, 9.17) is 21.7 Å². The van der Waals surface area contributed by atoms with Crippen LogP contribution in [-0.2, 0) is 19.1 Å². The Bertz CT molecular complexity index is 344. The number of carboxylic acid groups (broad SMARTS) is 2. The zero-order valence-electron chi connectivity index (χ0n) is 10.9. The quantitative estimate of drug-likeness (QED) is 0.418. The Hall–Kier alpha value is -1.67. The number of esters is 1. The summed E-state index contributed by atoms with van der Waals surface area (Å²) in [5, 5.41) is 17.4. The molecule has 8 nitrogen and oxygen atoms in total. The summed E-state index contributed by atoms with van der Waals surface area (Å²) >= 11 is 0. The number of carbonyl (C=O) groups is 3. The van der Waals surface area contributed by atoms with Crippen LogP contribution in [0.1, 0.15) is 26.7 Å². The van der Waals surface area contributed by atoms with Crippen LogP contribution in [0.2, 0.25) is 0 Å². The van der Waals surface area contributed by atoms with E-state index in [-0.39, 0.29) is 5.92 Å². The van der Waals surface area contributed by atoms with Crippen molar-refractivity contribution in [2.45, 2.75) is 44.9 Å². The largest absolute Gasteiger partial charge is 0.480 e. The van der Waals surface area contributed by atoms with Crippen molar-refractivity contribution < 1.29 is 29.3 Å². The van der Waals surface area contributed by atoms with E-state index >= 15 is 0 Å². The molecule has 110 valence electrons. The molecule has 0 aliphatic rings. The van der Waals surface area contributed by atoms with Crippen LogP contribution in [0.25, 0.3) is 0 Å². The van der Waals surface area contributed by atoms with Gasteiger partial charge in [-0.15, -0.1) is 0 Å². The predicted octanol–water partition coefficient (Wildman–Crippen LogP) is -0.842. The molecule has 3 atom stereocenters. The van der Waals surface area contributed by atoms with E-state index in [0.717, 1.165) is 0 Å². The summed E-state index contributed by atoms with van der Waals surface area (Å²) in [5.41, 5.74) is 10.7. The maximum Gasteiger partial charge on any atom is 0.345 e. The Morgan fingerprint density at radius 1 is 1.00 bits per heavy atom. The average Bonchev–Trinajstić information content (AvgIpc) is 2.26. The molecule has 1 unspecified atom stereocenters. The third-order valence-electron chi connectivity index (χ3n) is 2.35. The Kier molecular flexibility index (Phi) is 7.02. The molecule has 0 heterocycles. The maximum absolute atomic E-state index is 11.5. The zero-order valence-corrected chi connectivity index (χ0v) is 10.9. The van der Waals surface area contributed by atoms with Gasteiger partial charge in [-0.3, -0.25) is 9.59 Å². The summed E-state index contributed by atoms with van der Waals surface area (Å²) in [6.07, 6.45) is -1.78. The van der Waals surface area contributed by atoms with Gasteiger partial charge in [0.2, 0.25) is 6.10 Å². The van der Waals surface area contributed by atoms with Crippen LogP contribution < -0.4 is 11.5 Å². The van der Waals surface area contributed by atoms with Crippen molar-refractivity contribution in [3.8, 4) is 0 Å². The molecule has 0 saturated heterocycles. The van der Waals surface area contributed by atoms with E-state index in [1.807, 2.05) is 13.8 Å². The average molecular weight is 276 g/mol. The standard InChI is InChI=1S/C11H20N2O6/c1-5(2)3-7(13)11(18)19-8(10(16)17)4-6(12)9(14)15/h5-8H,3-4,12-13H2,1-2H3,(H,14,15)(H,16,17)/t6-,7-,8?/m0/s1. The molecule has 0 aromatic carbocycles. The van der Waals surface area contributed by atoms with Gasteiger partial charge in [-0.2, -0.15) is 0 Å². The van der Waals surface area contributed by atoms with E-state index in [1.165, 1.54) is 0 Å². The number of carboxylic acids is 2. The van der Waals surface area contributed by atoms with E-state index in [9.17, 15) is 14.4 Å². The highest BCUT2D eigenvalue weighted by Gasteiger charge is 2.29. The summed E-state index contributed by atoms with van der Waals surface area (Å²) in [6.45, 7) is 3.70. The number of nitrogens with two attached hydrogens (primary N) is 2. The first kappa shape index (κ1) is 17.3. The summed E-state index contributed by atoms with van der Waals surface area (Å²) < 4.78 is 4.69. The van der Waals surface area contributed by atoms with Gasteiger partial charge in [0.15, 0.2) is 0 Å². The van der Waals surface area contributed by atoms with Crippen LogP contribution in [0.3, 0.4) is 0 Å². The lowest BCUT2D eigenvalue weighted by Gasteiger charge is -2.19.